The lowest BCUT2D eigenvalue weighted by Gasteiger charge is -2.18. The lowest BCUT2D eigenvalue weighted by atomic mass is 9.93. The minimum absolute atomic E-state index is 0.0569. The second kappa shape index (κ2) is 7.30. The van der Waals surface area contributed by atoms with Gasteiger partial charge < -0.3 is 5.32 Å². The van der Waals surface area contributed by atoms with E-state index in [2.05, 4.69) is 16.2 Å². The van der Waals surface area contributed by atoms with Crippen LogP contribution in [0.1, 0.15) is 22.7 Å². The fourth-order valence-corrected chi connectivity index (χ4v) is 3.00. The second-order valence-electron chi connectivity index (χ2n) is 5.99. The molecule has 2 aromatic rings. The largest absolute Gasteiger partial charge is 0.352 e. The van der Waals surface area contributed by atoms with Gasteiger partial charge in [0.1, 0.15) is 5.82 Å². The zero-order valence-corrected chi connectivity index (χ0v) is 14.0. The van der Waals surface area contributed by atoms with Crippen LogP contribution in [0.3, 0.4) is 0 Å². The third-order valence-electron chi connectivity index (χ3n) is 4.21. The van der Waals surface area contributed by atoms with Gasteiger partial charge in [-0.2, -0.15) is 0 Å². The van der Waals surface area contributed by atoms with Crippen LogP contribution in [0.15, 0.2) is 42.5 Å². The molecule has 4 nitrogen and oxygen atoms in total. The van der Waals surface area contributed by atoms with Gasteiger partial charge in [0.25, 0.3) is 0 Å². The summed E-state index contributed by atoms with van der Waals surface area (Å²) in [5, 5.41) is 2.96. The van der Waals surface area contributed by atoms with Crippen LogP contribution in [0.5, 0.6) is 0 Å². The summed E-state index contributed by atoms with van der Waals surface area (Å²) in [6.45, 7) is 2.90. The Labute approximate surface area is 145 Å². The maximum Gasteiger partial charge on any atom is 0.226 e. The van der Waals surface area contributed by atoms with E-state index in [4.69, 9.17) is 11.6 Å². The molecule has 1 saturated heterocycles. The SMILES string of the molecule is Cc1ccc(C2NNCC2C(=O)NCc2ccc(F)c(Cl)c2)cc1. The van der Waals surface area contributed by atoms with E-state index in [0.29, 0.717) is 13.1 Å². The highest BCUT2D eigenvalue weighted by atomic mass is 35.5. The Bertz CT molecular complexity index is 736. The van der Waals surface area contributed by atoms with Gasteiger partial charge in [-0.05, 0) is 30.2 Å². The first kappa shape index (κ1) is 16.9. The molecule has 0 aromatic heterocycles. The molecule has 1 heterocycles. The van der Waals surface area contributed by atoms with E-state index in [1.54, 1.807) is 6.07 Å². The summed E-state index contributed by atoms with van der Waals surface area (Å²) in [5.41, 5.74) is 9.22. The number of carbonyl (C=O) groups excluding carboxylic acids is 1. The molecule has 6 heteroatoms. The molecule has 1 amide bonds. The molecule has 24 heavy (non-hydrogen) atoms. The normalized spacial score (nSPS) is 20.1. The Morgan fingerprint density at radius 2 is 2.04 bits per heavy atom. The van der Waals surface area contributed by atoms with Crippen LogP contribution >= 0.6 is 11.6 Å². The van der Waals surface area contributed by atoms with Crippen molar-refractivity contribution in [2.45, 2.75) is 19.5 Å². The topological polar surface area (TPSA) is 53.2 Å². The first-order chi connectivity index (χ1) is 11.5. The minimum atomic E-state index is -0.463. The first-order valence-electron chi connectivity index (χ1n) is 7.81. The van der Waals surface area contributed by atoms with Gasteiger partial charge in [0.2, 0.25) is 5.91 Å². The van der Waals surface area contributed by atoms with Crippen molar-refractivity contribution in [1.82, 2.24) is 16.2 Å². The van der Waals surface area contributed by atoms with Gasteiger partial charge in [0.15, 0.2) is 0 Å². The highest BCUT2D eigenvalue weighted by molar-refractivity contribution is 6.30. The standard InChI is InChI=1S/C18H19ClFN3O/c1-11-2-5-13(6-3-11)17-14(10-22-23-17)18(24)21-9-12-4-7-16(20)15(19)8-12/h2-8,14,17,22-23H,9-10H2,1H3,(H,21,24). The number of hydrogen-bond acceptors (Lipinski definition) is 3. The molecule has 1 aliphatic heterocycles. The Morgan fingerprint density at radius 1 is 1.29 bits per heavy atom. The molecule has 3 rings (SSSR count). The van der Waals surface area contributed by atoms with Crippen molar-refractivity contribution in [2.75, 3.05) is 6.54 Å². The average Bonchev–Trinajstić information content (AvgIpc) is 3.06. The van der Waals surface area contributed by atoms with Crippen molar-refractivity contribution in [3.63, 3.8) is 0 Å². The lowest BCUT2D eigenvalue weighted by molar-refractivity contribution is -0.125. The number of amides is 1. The number of halogens is 2. The Kier molecular flexibility index (Phi) is 5.14. The quantitative estimate of drug-likeness (QED) is 0.797. The molecule has 0 radical (unpaired) electrons. The van der Waals surface area contributed by atoms with Crippen LogP contribution in [-0.4, -0.2) is 12.5 Å². The smallest absolute Gasteiger partial charge is 0.226 e. The van der Waals surface area contributed by atoms with Crippen LogP contribution in [0.4, 0.5) is 4.39 Å². The van der Waals surface area contributed by atoms with Crippen LogP contribution in [-0.2, 0) is 11.3 Å². The average molecular weight is 348 g/mol. The molecule has 1 aliphatic rings. The maximum atomic E-state index is 13.2. The van der Waals surface area contributed by atoms with Gasteiger partial charge >= 0.3 is 0 Å². The van der Waals surface area contributed by atoms with Gasteiger partial charge in [-0.15, -0.1) is 0 Å². The van der Waals surface area contributed by atoms with Crippen LogP contribution in [0.2, 0.25) is 5.02 Å². The molecule has 2 aromatic carbocycles. The molecule has 0 aliphatic carbocycles. The summed E-state index contributed by atoms with van der Waals surface area (Å²) in [7, 11) is 0. The summed E-state index contributed by atoms with van der Waals surface area (Å²) in [6.07, 6.45) is 0. The molecule has 1 fully saturated rings. The first-order valence-corrected chi connectivity index (χ1v) is 8.19. The Hall–Kier alpha value is -1.95. The lowest BCUT2D eigenvalue weighted by Crippen LogP contribution is -2.34. The molecule has 0 spiro atoms. The van der Waals surface area contributed by atoms with Crippen molar-refractivity contribution in [1.29, 1.82) is 0 Å². The van der Waals surface area contributed by atoms with E-state index >= 15 is 0 Å². The third-order valence-corrected chi connectivity index (χ3v) is 4.50. The molecule has 2 atom stereocenters. The van der Waals surface area contributed by atoms with Gasteiger partial charge in [-0.3, -0.25) is 10.2 Å². The van der Waals surface area contributed by atoms with Crippen molar-refractivity contribution in [3.8, 4) is 0 Å². The van der Waals surface area contributed by atoms with E-state index in [0.717, 1.165) is 11.1 Å². The highest BCUT2D eigenvalue weighted by Gasteiger charge is 2.33. The molecule has 2 unspecified atom stereocenters. The zero-order chi connectivity index (χ0) is 17.1. The van der Waals surface area contributed by atoms with Gasteiger partial charge in [-0.1, -0.05) is 47.5 Å². The predicted octanol–water partition coefficient (Wildman–Crippen LogP) is 2.87. The number of benzene rings is 2. The van der Waals surface area contributed by atoms with Crippen LogP contribution in [0.25, 0.3) is 0 Å². The van der Waals surface area contributed by atoms with E-state index in [9.17, 15) is 9.18 Å². The van der Waals surface area contributed by atoms with Gasteiger partial charge in [0, 0.05) is 13.1 Å². The summed E-state index contributed by atoms with van der Waals surface area (Å²) in [6, 6.07) is 12.5. The van der Waals surface area contributed by atoms with Crippen molar-refractivity contribution < 1.29 is 9.18 Å². The molecule has 3 N–H and O–H groups in total. The zero-order valence-electron chi connectivity index (χ0n) is 13.3. The fraction of sp³-hybridized carbons (Fsp3) is 0.278. The Balaban J connectivity index is 1.65. The summed E-state index contributed by atoms with van der Waals surface area (Å²) < 4.78 is 13.2. The van der Waals surface area contributed by atoms with E-state index in [1.165, 1.54) is 17.7 Å². The molecule has 0 bridgehead atoms. The number of hydrazine groups is 1. The summed E-state index contributed by atoms with van der Waals surface area (Å²) in [5.74, 6) is -0.738. The molecule has 126 valence electrons. The Morgan fingerprint density at radius 3 is 2.75 bits per heavy atom. The fourth-order valence-electron chi connectivity index (χ4n) is 2.80. The van der Waals surface area contributed by atoms with Crippen LogP contribution < -0.4 is 16.2 Å². The number of carbonyl (C=O) groups is 1. The number of nitrogens with one attached hydrogen (secondary N) is 3. The molecular formula is C18H19ClFN3O. The molecule has 0 saturated carbocycles. The van der Waals surface area contributed by atoms with Crippen LogP contribution in [0, 0.1) is 18.7 Å². The minimum Gasteiger partial charge on any atom is -0.352 e. The number of hydrogen-bond donors (Lipinski definition) is 3. The van der Waals surface area contributed by atoms with Crippen molar-refractivity contribution >= 4 is 17.5 Å². The summed E-state index contributed by atoms with van der Waals surface area (Å²) in [4.78, 5) is 12.5. The summed E-state index contributed by atoms with van der Waals surface area (Å²) >= 11 is 5.76. The number of aryl methyl sites for hydroxylation is 1. The van der Waals surface area contributed by atoms with Gasteiger partial charge in [-0.25, -0.2) is 9.82 Å². The van der Waals surface area contributed by atoms with E-state index < -0.39 is 5.82 Å². The molecular weight excluding hydrogens is 329 g/mol. The van der Waals surface area contributed by atoms with E-state index in [1.807, 2.05) is 31.2 Å². The third kappa shape index (κ3) is 3.75. The van der Waals surface area contributed by atoms with Crippen molar-refractivity contribution in [3.05, 3.63) is 70.0 Å². The highest BCUT2D eigenvalue weighted by Crippen LogP contribution is 2.25. The maximum absolute atomic E-state index is 13.2. The predicted molar refractivity (Wildman–Crippen MR) is 91.8 cm³/mol. The number of rotatable bonds is 4. The van der Waals surface area contributed by atoms with E-state index in [-0.39, 0.29) is 22.9 Å². The second-order valence-corrected chi connectivity index (χ2v) is 6.39. The monoisotopic (exact) mass is 347 g/mol. The van der Waals surface area contributed by atoms with Crippen molar-refractivity contribution in [2.24, 2.45) is 5.92 Å². The van der Waals surface area contributed by atoms with Gasteiger partial charge in [0.05, 0.1) is 17.0 Å².